The molecule has 0 saturated carbocycles. The molecule has 36 heavy (non-hydrogen) atoms. The number of para-hydroxylation sites is 1. The van der Waals surface area contributed by atoms with Gasteiger partial charge in [0.05, 0.1) is 10.2 Å². The van der Waals surface area contributed by atoms with Crippen molar-refractivity contribution in [1.82, 2.24) is 15.2 Å². The van der Waals surface area contributed by atoms with Gasteiger partial charge in [0.15, 0.2) is 5.13 Å². The monoisotopic (exact) mass is 498 g/mol. The molecule has 0 bridgehead atoms. The number of hydrogen-bond acceptors (Lipinski definition) is 6. The van der Waals surface area contributed by atoms with E-state index in [9.17, 15) is 14.4 Å². The summed E-state index contributed by atoms with van der Waals surface area (Å²) >= 11 is 1.30. The summed E-state index contributed by atoms with van der Waals surface area (Å²) in [6, 6.07) is 22.0. The van der Waals surface area contributed by atoms with Gasteiger partial charge in [-0.1, -0.05) is 53.8 Å². The quantitative estimate of drug-likeness (QED) is 0.385. The molecule has 1 unspecified atom stereocenters. The number of aromatic nitrogens is 1. The molecule has 2 N–H and O–H groups in total. The summed E-state index contributed by atoms with van der Waals surface area (Å²) in [7, 11) is 0. The Hall–Kier alpha value is -4.24. The zero-order valence-electron chi connectivity index (χ0n) is 19.2. The summed E-state index contributed by atoms with van der Waals surface area (Å²) in [6.07, 6.45) is 2.15. The van der Waals surface area contributed by atoms with Gasteiger partial charge in [-0.3, -0.25) is 14.5 Å². The molecule has 4 amide bonds. The number of fused-ring (bicyclic) bond motifs is 3. The van der Waals surface area contributed by atoms with Crippen LogP contribution in [-0.2, 0) is 21.5 Å². The standard InChI is InChI=1S/C27H22N4O4S/c32-23(16-31-24(33)27(30-26(31)34)14-6-8-17-7-4-5-11-20(17)27)29-25-28-21-13-12-19(15-22(21)36-25)35-18-9-2-1-3-10-18/h1-5,7,9-13,15H,6,8,14,16H2,(H,30,34)(H,28,29,32). The number of urea groups is 1. The number of benzene rings is 3. The second-order valence-electron chi connectivity index (χ2n) is 8.85. The first kappa shape index (κ1) is 22.2. The Bertz CT molecular complexity index is 1500. The van der Waals surface area contributed by atoms with Gasteiger partial charge in [-0.25, -0.2) is 9.78 Å². The topological polar surface area (TPSA) is 101 Å². The first-order valence-corrected chi connectivity index (χ1v) is 12.5. The van der Waals surface area contributed by atoms with Crippen LogP contribution in [0.3, 0.4) is 0 Å². The Morgan fingerprint density at radius 1 is 1.06 bits per heavy atom. The lowest BCUT2D eigenvalue weighted by Crippen LogP contribution is -2.47. The smallest absolute Gasteiger partial charge is 0.325 e. The number of aryl methyl sites for hydroxylation is 1. The maximum Gasteiger partial charge on any atom is 0.325 e. The number of nitrogens with zero attached hydrogens (tertiary/aromatic N) is 2. The van der Waals surface area contributed by atoms with Crippen molar-refractivity contribution in [2.75, 3.05) is 11.9 Å². The zero-order valence-corrected chi connectivity index (χ0v) is 20.0. The molecule has 6 rings (SSSR count). The number of carbonyl (C=O) groups excluding carboxylic acids is 3. The largest absolute Gasteiger partial charge is 0.457 e. The van der Waals surface area contributed by atoms with Gasteiger partial charge < -0.3 is 15.4 Å². The molecule has 8 nitrogen and oxygen atoms in total. The summed E-state index contributed by atoms with van der Waals surface area (Å²) in [5.41, 5.74) is 1.48. The molecule has 9 heteroatoms. The average Bonchev–Trinajstić information content (AvgIpc) is 3.38. The van der Waals surface area contributed by atoms with Crippen LogP contribution in [0.1, 0.15) is 24.0 Å². The first-order valence-electron chi connectivity index (χ1n) is 11.7. The highest BCUT2D eigenvalue weighted by Gasteiger charge is 2.54. The van der Waals surface area contributed by atoms with E-state index in [1.54, 1.807) is 0 Å². The number of amides is 4. The van der Waals surface area contributed by atoms with Crippen LogP contribution in [0.5, 0.6) is 11.5 Å². The van der Waals surface area contributed by atoms with Crippen molar-refractivity contribution in [3.8, 4) is 11.5 Å². The Balaban J connectivity index is 1.16. The lowest BCUT2D eigenvalue weighted by molar-refractivity contribution is -0.134. The molecule has 2 aliphatic rings. The maximum absolute atomic E-state index is 13.4. The Labute approximate surface area is 210 Å². The van der Waals surface area contributed by atoms with Gasteiger partial charge in [0, 0.05) is 6.07 Å². The minimum atomic E-state index is -1.10. The van der Waals surface area contributed by atoms with Crippen molar-refractivity contribution in [2.24, 2.45) is 0 Å². The van der Waals surface area contributed by atoms with E-state index < -0.39 is 17.5 Å². The number of anilines is 1. The molecule has 1 saturated heterocycles. The third-order valence-electron chi connectivity index (χ3n) is 6.54. The fraction of sp³-hybridized carbons (Fsp3) is 0.185. The van der Waals surface area contributed by atoms with Crippen molar-refractivity contribution in [3.63, 3.8) is 0 Å². The summed E-state index contributed by atoms with van der Waals surface area (Å²) in [6.45, 7) is -0.382. The van der Waals surface area contributed by atoms with Gasteiger partial charge in [-0.15, -0.1) is 0 Å². The molecule has 1 aliphatic heterocycles. The fourth-order valence-corrected chi connectivity index (χ4v) is 5.81. The van der Waals surface area contributed by atoms with Crippen LogP contribution in [0.4, 0.5) is 9.93 Å². The molecule has 1 atom stereocenters. The number of hydrogen-bond donors (Lipinski definition) is 2. The number of rotatable bonds is 5. The van der Waals surface area contributed by atoms with Gasteiger partial charge in [-0.05, 0) is 54.7 Å². The maximum atomic E-state index is 13.4. The van der Waals surface area contributed by atoms with E-state index in [0.29, 0.717) is 22.8 Å². The van der Waals surface area contributed by atoms with Gasteiger partial charge in [0.2, 0.25) is 5.91 Å². The molecule has 1 spiro atoms. The fourth-order valence-electron chi connectivity index (χ4n) is 4.90. The van der Waals surface area contributed by atoms with E-state index in [4.69, 9.17) is 4.74 Å². The molecule has 1 fully saturated rings. The molecule has 2 heterocycles. The number of nitrogens with one attached hydrogen (secondary N) is 2. The van der Waals surface area contributed by atoms with Crippen LogP contribution >= 0.6 is 11.3 Å². The van der Waals surface area contributed by atoms with Crippen molar-refractivity contribution in [2.45, 2.75) is 24.8 Å². The van der Waals surface area contributed by atoms with E-state index in [2.05, 4.69) is 15.6 Å². The second-order valence-corrected chi connectivity index (χ2v) is 9.88. The van der Waals surface area contributed by atoms with Crippen LogP contribution in [0.2, 0.25) is 0 Å². The zero-order chi connectivity index (χ0) is 24.7. The van der Waals surface area contributed by atoms with E-state index in [1.165, 1.54) is 11.3 Å². The Kier molecular flexibility index (Phi) is 5.41. The highest BCUT2D eigenvalue weighted by Crippen LogP contribution is 2.40. The van der Waals surface area contributed by atoms with Gasteiger partial charge >= 0.3 is 6.03 Å². The minimum Gasteiger partial charge on any atom is -0.457 e. The van der Waals surface area contributed by atoms with Crippen molar-refractivity contribution < 1.29 is 19.1 Å². The highest BCUT2D eigenvalue weighted by atomic mass is 32.1. The minimum absolute atomic E-state index is 0.382. The van der Waals surface area contributed by atoms with E-state index in [1.807, 2.05) is 72.8 Å². The van der Waals surface area contributed by atoms with Gasteiger partial charge in [0.25, 0.3) is 5.91 Å². The average molecular weight is 499 g/mol. The SMILES string of the molecule is O=C(CN1C(=O)NC2(CCCc3ccccc32)C1=O)Nc1nc2ccc(Oc3ccccc3)cc2s1. The van der Waals surface area contributed by atoms with Crippen LogP contribution in [-0.4, -0.2) is 34.3 Å². The van der Waals surface area contributed by atoms with Crippen molar-refractivity contribution >= 4 is 44.5 Å². The molecule has 180 valence electrons. The Morgan fingerprint density at radius 3 is 2.72 bits per heavy atom. The number of ether oxygens (including phenoxy) is 1. The van der Waals surface area contributed by atoms with Crippen LogP contribution < -0.4 is 15.4 Å². The molecular formula is C27H22N4O4S. The summed E-state index contributed by atoms with van der Waals surface area (Å²) in [5, 5.41) is 5.99. The van der Waals surface area contributed by atoms with Gasteiger partial charge in [0.1, 0.15) is 23.6 Å². The predicted octanol–water partition coefficient (Wildman–Crippen LogP) is 4.81. The summed E-state index contributed by atoms with van der Waals surface area (Å²) in [5.74, 6) is 0.510. The van der Waals surface area contributed by atoms with E-state index in [-0.39, 0.29) is 12.5 Å². The Morgan fingerprint density at radius 2 is 1.86 bits per heavy atom. The molecule has 1 aliphatic carbocycles. The number of thiazole rings is 1. The van der Waals surface area contributed by atoms with Crippen molar-refractivity contribution in [3.05, 3.63) is 83.9 Å². The normalized spacial score (nSPS) is 18.8. The summed E-state index contributed by atoms with van der Waals surface area (Å²) in [4.78, 5) is 44.4. The van der Waals surface area contributed by atoms with Crippen LogP contribution in [0.25, 0.3) is 10.2 Å². The first-order chi connectivity index (χ1) is 17.5. The van der Waals surface area contributed by atoms with Crippen molar-refractivity contribution in [1.29, 1.82) is 0 Å². The summed E-state index contributed by atoms with van der Waals surface area (Å²) < 4.78 is 6.71. The molecule has 0 radical (unpaired) electrons. The van der Waals surface area contributed by atoms with E-state index in [0.717, 1.165) is 39.3 Å². The molecular weight excluding hydrogens is 476 g/mol. The van der Waals surface area contributed by atoms with E-state index >= 15 is 0 Å². The van der Waals surface area contributed by atoms with Gasteiger partial charge in [-0.2, -0.15) is 0 Å². The number of carbonyl (C=O) groups is 3. The highest BCUT2D eigenvalue weighted by molar-refractivity contribution is 7.22. The van der Waals surface area contributed by atoms with Crippen LogP contribution in [0, 0.1) is 0 Å². The van der Waals surface area contributed by atoms with Crippen LogP contribution in [0.15, 0.2) is 72.8 Å². The lowest BCUT2D eigenvalue weighted by Gasteiger charge is -2.33. The third-order valence-corrected chi connectivity index (χ3v) is 7.47. The number of imide groups is 1. The molecule has 1 aromatic heterocycles. The second kappa shape index (κ2) is 8.76. The predicted molar refractivity (Wildman–Crippen MR) is 136 cm³/mol. The third kappa shape index (κ3) is 3.87. The molecule has 3 aromatic carbocycles. The lowest BCUT2D eigenvalue weighted by atomic mass is 9.76. The molecule has 4 aromatic rings.